The van der Waals surface area contributed by atoms with Gasteiger partial charge in [-0.15, -0.1) is 0 Å². The van der Waals surface area contributed by atoms with Crippen LogP contribution in [0, 0.1) is 6.92 Å². The van der Waals surface area contributed by atoms with E-state index in [1.54, 1.807) is 0 Å². The highest BCUT2D eigenvalue weighted by atomic mass is 19.4. The number of rotatable bonds is 4. The SMILES string of the molecule is CCC(N)Cc1ccc(C)c(-n2cc(C(F)(F)F)cn2)c1. The first-order valence-electron chi connectivity index (χ1n) is 6.78. The Morgan fingerprint density at radius 2 is 2.05 bits per heavy atom. The summed E-state index contributed by atoms with van der Waals surface area (Å²) in [7, 11) is 0. The van der Waals surface area contributed by atoms with Crippen LogP contribution in [0.15, 0.2) is 30.6 Å². The molecule has 2 N–H and O–H groups in total. The molecule has 0 aliphatic heterocycles. The molecule has 0 aliphatic carbocycles. The fraction of sp³-hybridized carbons (Fsp3) is 0.400. The van der Waals surface area contributed by atoms with Crippen molar-refractivity contribution < 1.29 is 13.2 Å². The van der Waals surface area contributed by atoms with Crippen molar-refractivity contribution in [2.45, 2.75) is 38.9 Å². The van der Waals surface area contributed by atoms with E-state index in [0.717, 1.165) is 29.9 Å². The van der Waals surface area contributed by atoms with Crippen LogP contribution in [0.1, 0.15) is 30.0 Å². The Labute approximate surface area is 121 Å². The number of hydrogen-bond acceptors (Lipinski definition) is 2. The van der Waals surface area contributed by atoms with Gasteiger partial charge in [-0.2, -0.15) is 18.3 Å². The average molecular weight is 297 g/mol. The zero-order chi connectivity index (χ0) is 15.6. The lowest BCUT2D eigenvalue weighted by atomic mass is 10.0. The van der Waals surface area contributed by atoms with Crippen molar-refractivity contribution in [3.63, 3.8) is 0 Å². The van der Waals surface area contributed by atoms with Crippen LogP contribution in [0.2, 0.25) is 0 Å². The van der Waals surface area contributed by atoms with Gasteiger partial charge in [0.25, 0.3) is 0 Å². The Morgan fingerprint density at radius 3 is 2.62 bits per heavy atom. The summed E-state index contributed by atoms with van der Waals surface area (Å²) < 4.78 is 39.2. The van der Waals surface area contributed by atoms with E-state index in [2.05, 4.69) is 5.10 Å². The molecule has 21 heavy (non-hydrogen) atoms. The fourth-order valence-electron chi connectivity index (χ4n) is 2.08. The number of nitrogens with zero attached hydrogens (tertiary/aromatic N) is 2. The van der Waals surface area contributed by atoms with Crippen molar-refractivity contribution >= 4 is 0 Å². The maximum Gasteiger partial charge on any atom is 0.419 e. The summed E-state index contributed by atoms with van der Waals surface area (Å²) in [5.74, 6) is 0. The van der Waals surface area contributed by atoms with Crippen LogP contribution in [0.5, 0.6) is 0 Å². The lowest BCUT2D eigenvalue weighted by Gasteiger charge is -2.12. The van der Waals surface area contributed by atoms with E-state index in [1.165, 1.54) is 4.68 Å². The van der Waals surface area contributed by atoms with E-state index in [0.29, 0.717) is 12.1 Å². The summed E-state index contributed by atoms with van der Waals surface area (Å²) in [4.78, 5) is 0. The van der Waals surface area contributed by atoms with Crippen molar-refractivity contribution in [2.24, 2.45) is 5.73 Å². The second kappa shape index (κ2) is 5.89. The van der Waals surface area contributed by atoms with E-state index < -0.39 is 11.7 Å². The normalized spacial score (nSPS) is 13.4. The van der Waals surface area contributed by atoms with E-state index >= 15 is 0 Å². The number of nitrogens with two attached hydrogens (primary N) is 1. The molecular formula is C15H18F3N3. The van der Waals surface area contributed by atoms with Gasteiger partial charge >= 0.3 is 6.18 Å². The molecular weight excluding hydrogens is 279 g/mol. The van der Waals surface area contributed by atoms with Crippen LogP contribution in [-0.2, 0) is 12.6 Å². The first-order valence-corrected chi connectivity index (χ1v) is 6.78. The molecule has 0 saturated heterocycles. The molecule has 0 fully saturated rings. The fourth-order valence-corrected chi connectivity index (χ4v) is 2.08. The Hall–Kier alpha value is -1.82. The highest BCUT2D eigenvalue weighted by molar-refractivity contribution is 5.43. The summed E-state index contributed by atoms with van der Waals surface area (Å²) in [5, 5.41) is 3.82. The zero-order valence-corrected chi connectivity index (χ0v) is 12.0. The second-order valence-electron chi connectivity index (χ2n) is 5.16. The number of aromatic nitrogens is 2. The summed E-state index contributed by atoms with van der Waals surface area (Å²) in [6, 6.07) is 5.71. The predicted octanol–water partition coefficient (Wildman–Crippen LogP) is 3.48. The van der Waals surface area contributed by atoms with Gasteiger partial charge in [0.05, 0.1) is 17.4 Å². The molecule has 1 heterocycles. The molecule has 0 bridgehead atoms. The molecule has 0 radical (unpaired) electrons. The molecule has 6 heteroatoms. The lowest BCUT2D eigenvalue weighted by Crippen LogP contribution is -2.21. The Balaban J connectivity index is 2.34. The minimum atomic E-state index is -4.38. The molecule has 0 amide bonds. The highest BCUT2D eigenvalue weighted by Gasteiger charge is 2.32. The third-order valence-electron chi connectivity index (χ3n) is 3.45. The molecule has 1 atom stereocenters. The molecule has 1 unspecified atom stereocenters. The first kappa shape index (κ1) is 15.6. The first-order chi connectivity index (χ1) is 9.81. The van der Waals surface area contributed by atoms with Gasteiger partial charge in [0.1, 0.15) is 0 Å². The van der Waals surface area contributed by atoms with Crippen LogP contribution >= 0.6 is 0 Å². The predicted molar refractivity (Wildman–Crippen MR) is 75.3 cm³/mol. The zero-order valence-electron chi connectivity index (χ0n) is 12.0. The van der Waals surface area contributed by atoms with E-state index in [1.807, 2.05) is 32.0 Å². The van der Waals surface area contributed by atoms with Crippen LogP contribution in [0.4, 0.5) is 13.2 Å². The lowest BCUT2D eigenvalue weighted by molar-refractivity contribution is -0.137. The highest BCUT2D eigenvalue weighted by Crippen LogP contribution is 2.29. The minimum absolute atomic E-state index is 0.0453. The van der Waals surface area contributed by atoms with Gasteiger partial charge in [0, 0.05) is 12.2 Å². The summed E-state index contributed by atoms with van der Waals surface area (Å²) in [6.45, 7) is 3.84. The Bertz CT molecular complexity index is 617. The van der Waals surface area contributed by atoms with Gasteiger partial charge in [-0.1, -0.05) is 19.1 Å². The topological polar surface area (TPSA) is 43.8 Å². The summed E-state index contributed by atoms with van der Waals surface area (Å²) >= 11 is 0. The minimum Gasteiger partial charge on any atom is -0.327 e. The Morgan fingerprint density at radius 1 is 1.33 bits per heavy atom. The van der Waals surface area contributed by atoms with Crippen LogP contribution < -0.4 is 5.73 Å². The third kappa shape index (κ3) is 3.64. The number of hydrogen-bond donors (Lipinski definition) is 1. The smallest absolute Gasteiger partial charge is 0.327 e. The maximum atomic E-state index is 12.6. The van der Waals surface area contributed by atoms with E-state index in [9.17, 15) is 13.2 Å². The number of aryl methyl sites for hydroxylation is 1. The van der Waals surface area contributed by atoms with Gasteiger partial charge in [0.2, 0.25) is 0 Å². The van der Waals surface area contributed by atoms with E-state index in [4.69, 9.17) is 5.73 Å². The molecule has 2 aromatic rings. The van der Waals surface area contributed by atoms with Crippen molar-refractivity contribution in [3.8, 4) is 5.69 Å². The van der Waals surface area contributed by atoms with Gasteiger partial charge < -0.3 is 5.73 Å². The standard InChI is InChI=1S/C15H18F3N3/c1-3-13(19)6-11-5-4-10(2)14(7-11)21-9-12(8-20-21)15(16,17)18/h4-5,7-9,13H,3,6,19H2,1-2H3. The van der Waals surface area contributed by atoms with Crippen LogP contribution in [0.3, 0.4) is 0 Å². The molecule has 3 nitrogen and oxygen atoms in total. The molecule has 2 rings (SSSR count). The quantitative estimate of drug-likeness (QED) is 0.939. The monoisotopic (exact) mass is 297 g/mol. The molecule has 0 saturated carbocycles. The van der Waals surface area contributed by atoms with Gasteiger partial charge in [-0.3, -0.25) is 0 Å². The number of benzene rings is 1. The van der Waals surface area contributed by atoms with Gasteiger partial charge in [-0.05, 0) is 37.0 Å². The van der Waals surface area contributed by atoms with Crippen LogP contribution in [-0.4, -0.2) is 15.8 Å². The van der Waals surface area contributed by atoms with Crippen molar-refractivity contribution in [1.82, 2.24) is 9.78 Å². The van der Waals surface area contributed by atoms with Gasteiger partial charge in [-0.25, -0.2) is 4.68 Å². The van der Waals surface area contributed by atoms with Gasteiger partial charge in [0.15, 0.2) is 0 Å². The molecule has 1 aromatic heterocycles. The second-order valence-corrected chi connectivity index (χ2v) is 5.16. The van der Waals surface area contributed by atoms with Crippen molar-refractivity contribution in [3.05, 3.63) is 47.3 Å². The summed E-state index contributed by atoms with van der Waals surface area (Å²) in [5.41, 5.74) is 7.67. The number of halogens is 3. The third-order valence-corrected chi connectivity index (χ3v) is 3.45. The Kier molecular flexibility index (Phi) is 4.37. The largest absolute Gasteiger partial charge is 0.419 e. The average Bonchev–Trinajstić information content (AvgIpc) is 2.90. The van der Waals surface area contributed by atoms with Crippen molar-refractivity contribution in [1.29, 1.82) is 0 Å². The number of alkyl halides is 3. The molecule has 114 valence electrons. The van der Waals surface area contributed by atoms with Crippen LogP contribution in [0.25, 0.3) is 5.69 Å². The summed E-state index contributed by atoms with van der Waals surface area (Å²) in [6.07, 6.45) is -0.996. The molecule has 1 aromatic carbocycles. The maximum absolute atomic E-state index is 12.6. The molecule has 0 aliphatic rings. The molecule has 0 spiro atoms. The van der Waals surface area contributed by atoms with Crippen molar-refractivity contribution in [2.75, 3.05) is 0 Å². The van der Waals surface area contributed by atoms with E-state index in [-0.39, 0.29) is 6.04 Å².